The van der Waals surface area contributed by atoms with Gasteiger partial charge in [0.2, 0.25) is 0 Å². The molecule has 7 nitrogen and oxygen atoms in total. The maximum atomic E-state index is 6.26. The average molecular weight is 444 g/mol. The summed E-state index contributed by atoms with van der Waals surface area (Å²) in [6, 6.07) is 4.27. The number of hydrogen-bond donors (Lipinski definition) is 2. The summed E-state index contributed by atoms with van der Waals surface area (Å²) < 4.78 is 13.8. The Labute approximate surface area is 186 Å². The van der Waals surface area contributed by atoms with Gasteiger partial charge in [-0.05, 0) is 25.0 Å². The van der Waals surface area contributed by atoms with E-state index in [1.54, 1.807) is 0 Å². The van der Waals surface area contributed by atoms with Gasteiger partial charge in [-0.2, -0.15) is 0 Å². The van der Waals surface area contributed by atoms with Crippen LogP contribution in [0.3, 0.4) is 0 Å². The van der Waals surface area contributed by atoms with Crippen molar-refractivity contribution < 1.29 is 8.92 Å². The zero-order valence-electron chi connectivity index (χ0n) is 16.7. The number of thiol groups is 1. The molecular weight excluding hydrogens is 418 g/mol. The van der Waals surface area contributed by atoms with E-state index in [-0.39, 0.29) is 0 Å². The van der Waals surface area contributed by atoms with Crippen LogP contribution in [-0.2, 0) is 10.5 Å². The van der Waals surface area contributed by atoms with E-state index >= 15 is 0 Å². The first-order valence-corrected chi connectivity index (χ1v) is 11.9. The van der Waals surface area contributed by atoms with Crippen molar-refractivity contribution in [1.29, 1.82) is 0 Å². The van der Waals surface area contributed by atoms with Crippen LogP contribution in [0.1, 0.15) is 41.6 Å². The van der Waals surface area contributed by atoms with E-state index in [1.807, 2.05) is 10.5 Å². The second kappa shape index (κ2) is 7.78. The Balaban J connectivity index is 1.39. The van der Waals surface area contributed by atoms with Gasteiger partial charge in [-0.25, -0.2) is 4.98 Å². The molecule has 30 heavy (non-hydrogen) atoms. The van der Waals surface area contributed by atoms with E-state index in [0.29, 0.717) is 11.8 Å². The molecule has 2 saturated heterocycles. The maximum absolute atomic E-state index is 6.26. The summed E-state index contributed by atoms with van der Waals surface area (Å²) in [6.45, 7) is 5.21. The number of morpholine rings is 1. The van der Waals surface area contributed by atoms with Crippen molar-refractivity contribution in [2.45, 2.75) is 30.4 Å². The molecule has 1 saturated carbocycles. The van der Waals surface area contributed by atoms with Crippen molar-refractivity contribution in [3.05, 3.63) is 35.3 Å². The minimum Gasteiger partial charge on any atom is -0.421 e. The van der Waals surface area contributed by atoms with Gasteiger partial charge in [0.05, 0.1) is 42.4 Å². The molecule has 0 radical (unpaired) electrons. The maximum Gasteiger partial charge on any atom is 0.182 e. The second-order valence-electron chi connectivity index (χ2n) is 8.38. The lowest BCUT2D eigenvalue weighted by molar-refractivity contribution is 0.122. The SMILES string of the molecule is SN1CC(c2cc3c(c(C4CC4)n2)OSCc2c(N4CCOCC4)ccnc2N3)C1. The second-order valence-corrected chi connectivity index (χ2v) is 9.64. The molecule has 2 aromatic rings. The number of pyridine rings is 2. The lowest BCUT2D eigenvalue weighted by atomic mass is 9.97. The Hall–Kier alpha value is -1.68. The van der Waals surface area contributed by atoms with Crippen molar-refractivity contribution in [3.8, 4) is 5.75 Å². The number of nitrogens with one attached hydrogen (secondary N) is 1. The smallest absolute Gasteiger partial charge is 0.182 e. The van der Waals surface area contributed by atoms with Crippen LogP contribution in [0, 0.1) is 0 Å². The molecule has 0 amide bonds. The summed E-state index contributed by atoms with van der Waals surface area (Å²) in [7, 11) is 0. The summed E-state index contributed by atoms with van der Waals surface area (Å²) in [5.74, 6) is 3.49. The molecule has 3 aliphatic heterocycles. The van der Waals surface area contributed by atoms with Crippen molar-refractivity contribution in [3.63, 3.8) is 0 Å². The van der Waals surface area contributed by atoms with E-state index in [0.717, 1.165) is 73.8 Å². The van der Waals surface area contributed by atoms with Gasteiger partial charge in [0, 0.05) is 61.2 Å². The number of rotatable bonds is 3. The summed E-state index contributed by atoms with van der Waals surface area (Å²) in [4.78, 5) is 12.1. The fourth-order valence-electron chi connectivity index (χ4n) is 4.35. The Morgan fingerprint density at radius 2 is 2.00 bits per heavy atom. The molecule has 9 heteroatoms. The minimum absolute atomic E-state index is 0.428. The van der Waals surface area contributed by atoms with E-state index in [9.17, 15) is 0 Å². The molecular formula is C21H25N5O2S2. The first-order valence-electron chi connectivity index (χ1n) is 10.6. The molecule has 0 bridgehead atoms. The number of nitrogens with zero attached hydrogens (tertiary/aromatic N) is 4. The predicted molar refractivity (Wildman–Crippen MR) is 122 cm³/mol. The molecule has 1 aliphatic carbocycles. The predicted octanol–water partition coefficient (Wildman–Crippen LogP) is 3.72. The van der Waals surface area contributed by atoms with Crippen LogP contribution in [0.2, 0.25) is 0 Å². The summed E-state index contributed by atoms with van der Waals surface area (Å²) in [5.41, 5.74) is 5.63. The van der Waals surface area contributed by atoms with E-state index < -0.39 is 0 Å². The topological polar surface area (TPSA) is 62.8 Å². The highest BCUT2D eigenvalue weighted by Gasteiger charge is 2.35. The molecule has 6 rings (SSSR count). The average Bonchev–Trinajstić information content (AvgIpc) is 3.57. The van der Waals surface area contributed by atoms with Gasteiger partial charge in [-0.1, -0.05) is 12.8 Å². The number of hydrogen-bond acceptors (Lipinski definition) is 9. The first-order chi connectivity index (χ1) is 14.8. The van der Waals surface area contributed by atoms with Gasteiger partial charge < -0.3 is 19.1 Å². The van der Waals surface area contributed by atoms with Gasteiger partial charge in [-0.3, -0.25) is 9.29 Å². The quantitative estimate of drug-likeness (QED) is 0.550. The van der Waals surface area contributed by atoms with Crippen LogP contribution in [0.4, 0.5) is 17.2 Å². The van der Waals surface area contributed by atoms with Gasteiger partial charge in [-0.15, -0.1) is 0 Å². The fourth-order valence-corrected chi connectivity index (χ4v) is 5.50. The zero-order chi connectivity index (χ0) is 20.1. The van der Waals surface area contributed by atoms with Crippen LogP contribution >= 0.6 is 24.9 Å². The van der Waals surface area contributed by atoms with E-state index in [2.05, 4.69) is 35.2 Å². The molecule has 0 spiro atoms. The molecule has 0 aromatic carbocycles. The number of anilines is 3. The molecule has 0 atom stereocenters. The summed E-state index contributed by atoms with van der Waals surface area (Å²) >= 11 is 5.93. The van der Waals surface area contributed by atoms with Crippen molar-refractivity contribution in [2.75, 3.05) is 49.6 Å². The molecule has 3 fully saturated rings. The minimum atomic E-state index is 0.428. The molecule has 0 unspecified atom stereocenters. The standard InChI is InChI=1S/C21H25N5O2S2/c29-26-10-14(11-26)16-9-17-20(19(23-16)13-1-2-13)28-30-12-15-18(3-4-22-21(15)24-17)25-5-7-27-8-6-25/h3-4,9,13-14,29H,1-2,5-8,10-12H2,(H,22,24). The van der Waals surface area contributed by atoms with E-state index in [4.69, 9.17) is 18.9 Å². The van der Waals surface area contributed by atoms with Crippen molar-refractivity contribution in [1.82, 2.24) is 14.3 Å². The Bertz CT molecular complexity index is 959. The third-order valence-corrected chi connectivity index (χ3v) is 7.26. The Kier molecular flexibility index (Phi) is 4.94. The van der Waals surface area contributed by atoms with E-state index in [1.165, 1.54) is 36.1 Å². The lowest BCUT2D eigenvalue weighted by Crippen LogP contribution is -2.38. The van der Waals surface area contributed by atoms with Gasteiger partial charge in [0.15, 0.2) is 5.75 Å². The van der Waals surface area contributed by atoms with Gasteiger partial charge in [0.1, 0.15) is 5.82 Å². The van der Waals surface area contributed by atoms with Gasteiger partial charge >= 0.3 is 0 Å². The molecule has 5 heterocycles. The van der Waals surface area contributed by atoms with Crippen molar-refractivity contribution >= 4 is 42.1 Å². The number of aromatic nitrogens is 2. The zero-order valence-corrected chi connectivity index (χ0v) is 18.4. The van der Waals surface area contributed by atoms with Crippen LogP contribution in [-0.4, -0.2) is 53.7 Å². The molecule has 1 N–H and O–H groups in total. The van der Waals surface area contributed by atoms with Crippen LogP contribution < -0.4 is 14.4 Å². The third-order valence-electron chi connectivity index (χ3n) is 6.25. The summed E-state index contributed by atoms with van der Waals surface area (Å²) in [6.07, 6.45) is 4.28. The monoisotopic (exact) mass is 443 g/mol. The number of ether oxygens (including phenoxy) is 1. The van der Waals surface area contributed by atoms with Crippen LogP contribution in [0.15, 0.2) is 18.3 Å². The highest BCUT2D eigenvalue weighted by Crippen LogP contribution is 2.49. The van der Waals surface area contributed by atoms with Crippen LogP contribution in [0.25, 0.3) is 0 Å². The normalized spacial score (nSPS) is 22.1. The van der Waals surface area contributed by atoms with Gasteiger partial charge in [0.25, 0.3) is 0 Å². The Morgan fingerprint density at radius 1 is 1.17 bits per heavy atom. The largest absolute Gasteiger partial charge is 0.421 e. The molecule has 2 aromatic heterocycles. The highest BCUT2D eigenvalue weighted by molar-refractivity contribution is 7.94. The molecule has 158 valence electrons. The third kappa shape index (κ3) is 3.51. The van der Waals surface area contributed by atoms with Crippen molar-refractivity contribution in [2.24, 2.45) is 0 Å². The fraction of sp³-hybridized carbons (Fsp3) is 0.524. The first kappa shape index (κ1) is 19.0. The number of fused-ring (bicyclic) bond motifs is 2. The molecule has 4 aliphatic rings. The summed E-state index contributed by atoms with van der Waals surface area (Å²) in [5, 5.41) is 3.62. The Morgan fingerprint density at radius 3 is 2.77 bits per heavy atom. The lowest BCUT2D eigenvalue weighted by Gasteiger charge is -2.35. The van der Waals surface area contributed by atoms with Crippen LogP contribution in [0.5, 0.6) is 5.75 Å². The highest BCUT2D eigenvalue weighted by atomic mass is 32.2.